The molecule has 2 heterocycles. The topological polar surface area (TPSA) is 69.0 Å². The Labute approximate surface area is 144 Å². The second kappa shape index (κ2) is 6.60. The molecule has 7 heteroatoms. The molecule has 0 aliphatic heterocycles. The van der Waals surface area contributed by atoms with E-state index in [1.807, 2.05) is 45.0 Å². The van der Waals surface area contributed by atoms with Gasteiger partial charge in [0.1, 0.15) is 11.6 Å². The molecule has 0 saturated carbocycles. The maximum absolute atomic E-state index is 12.1. The summed E-state index contributed by atoms with van der Waals surface area (Å²) >= 11 is 1.51. The number of methoxy groups -OCH3 is 1. The lowest BCUT2D eigenvalue weighted by Gasteiger charge is -2.07. The van der Waals surface area contributed by atoms with Crippen molar-refractivity contribution >= 4 is 33.3 Å². The molecular weight excluding hydrogens is 324 g/mol. The van der Waals surface area contributed by atoms with Crippen LogP contribution in [-0.2, 0) is 4.79 Å². The highest BCUT2D eigenvalue weighted by molar-refractivity contribution is 7.20. The third kappa shape index (κ3) is 3.41. The highest BCUT2D eigenvalue weighted by Gasteiger charge is 2.15. The number of aryl methyl sites for hydroxylation is 1. The van der Waals surface area contributed by atoms with Crippen molar-refractivity contribution in [2.75, 3.05) is 12.4 Å². The Kier molecular flexibility index (Phi) is 4.53. The Morgan fingerprint density at radius 2 is 2.17 bits per heavy atom. The van der Waals surface area contributed by atoms with Crippen molar-refractivity contribution in [2.24, 2.45) is 5.92 Å². The largest absolute Gasteiger partial charge is 0.497 e. The summed E-state index contributed by atoms with van der Waals surface area (Å²) in [6.45, 7) is 5.93. The van der Waals surface area contributed by atoms with Crippen molar-refractivity contribution in [1.82, 2.24) is 14.8 Å². The van der Waals surface area contributed by atoms with Crippen LogP contribution in [0.3, 0.4) is 0 Å². The van der Waals surface area contributed by atoms with Gasteiger partial charge in [0.25, 0.3) is 0 Å². The third-order valence-corrected chi connectivity index (χ3v) is 4.45. The molecule has 0 fully saturated rings. The normalized spacial score (nSPS) is 11.2. The van der Waals surface area contributed by atoms with Crippen LogP contribution in [0.25, 0.3) is 15.3 Å². The van der Waals surface area contributed by atoms with Crippen molar-refractivity contribution in [3.63, 3.8) is 0 Å². The van der Waals surface area contributed by atoms with Gasteiger partial charge in [-0.1, -0.05) is 25.2 Å². The molecule has 3 aromatic rings. The Morgan fingerprint density at radius 1 is 1.38 bits per heavy atom. The lowest BCUT2D eigenvalue weighted by atomic mass is 10.1. The van der Waals surface area contributed by atoms with Crippen molar-refractivity contribution in [3.8, 4) is 10.9 Å². The standard InChI is InChI=1S/C17H20N4O2S/c1-10(2)7-16(22)19-15-8-11(3)20-21(15)17-18-13-6-5-12(23-4)9-14(13)24-17/h5-6,8-10H,7H2,1-4H3,(H,19,22). The second-order valence-corrected chi connectivity index (χ2v) is 7.07. The number of nitrogens with zero attached hydrogens (tertiary/aromatic N) is 3. The van der Waals surface area contributed by atoms with E-state index in [1.54, 1.807) is 11.8 Å². The number of nitrogens with one attached hydrogen (secondary N) is 1. The minimum atomic E-state index is -0.0195. The number of amides is 1. The maximum Gasteiger partial charge on any atom is 0.225 e. The van der Waals surface area contributed by atoms with Crippen LogP contribution in [0.15, 0.2) is 24.3 Å². The Morgan fingerprint density at radius 3 is 2.88 bits per heavy atom. The number of hydrogen-bond donors (Lipinski definition) is 1. The fourth-order valence-corrected chi connectivity index (χ4v) is 3.37. The number of carbonyl (C=O) groups excluding carboxylic acids is 1. The molecule has 1 aromatic carbocycles. The number of thiazole rings is 1. The fraction of sp³-hybridized carbons (Fsp3) is 0.353. The number of rotatable bonds is 5. The van der Waals surface area contributed by atoms with Crippen molar-refractivity contribution < 1.29 is 9.53 Å². The van der Waals surface area contributed by atoms with E-state index in [1.165, 1.54) is 11.3 Å². The monoisotopic (exact) mass is 344 g/mol. The molecule has 0 unspecified atom stereocenters. The summed E-state index contributed by atoms with van der Waals surface area (Å²) in [4.78, 5) is 16.7. The second-order valence-electron chi connectivity index (χ2n) is 6.06. The quantitative estimate of drug-likeness (QED) is 0.765. The van der Waals surface area contributed by atoms with Crippen molar-refractivity contribution in [2.45, 2.75) is 27.2 Å². The SMILES string of the molecule is COc1ccc2nc(-n3nc(C)cc3NC(=O)CC(C)C)sc2c1. The number of carbonyl (C=O) groups is 1. The van der Waals surface area contributed by atoms with E-state index >= 15 is 0 Å². The first kappa shape index (κ1) is 16.4. The molecular formula is C17H20N4O2S. The summed E-state index contributed by atoms with van der Waals surface area (Å²) in [7, 11) is 1.64. The molecule has 0 aliphatic rings. The van der Waals surface area contributed by atoms with Crippen LogP contribution in [0.4, 0.5) is 5.82 Å². The maximum atomic E-state index is 12.1. The smallest absolute Gasteiger partial charge is 0.225 e. The van der Waals surface area contributed by atoms with Gasteiger partial charge in [-0.15, -0.1) is 0 Å². The van der Waals surface area contributed by atoms with Crippen LogP contribution in [0, 0.1) is 12.8 Å². The van der Waals surface area contributed by atoms with Crippen LogP contribution in [0.1, 0.15) is 26.0 Å². The summed E-state index contributed by atoms with van der Waals surface area (Å²) in [5, 5.41) is 8.12. The van der Waals surface area contributed by atoms with E-state index < -0.39 is 0 Å². The van der Waals surface area contributed by atoms with E-state index in [0.29, 0.717) is 23.3 Å². The predicted octanol–water partition coefficient (Wildman–Crippen LogP) is 3.78. The fourth-order valence-electron chi connectivity index (χ4n) is 2.41. The molecule has 0 aliphatic carbocycles. The molecule has 0 radical (unpaired) electrons. The van der Waals surface area contributed by atoms with Crippen LogP contribution in [0.2, 0.25) is 0 Å². The van der Waals surface area contributed by atoms with Gasteiger partial charge in [-0.05, 0) is 31.0 Å². The van der Waals surface area contributed by atoms with Gasteiger partial charge in [0.05, 0.1) is 23.0 Å². The van der Waals surface area contributed by atoms with Crippen molar-refractivity contribution in [1.29, 1.82) is 0 Å². The minimum Gasteiger partial charge on any atom is -0.497 e. The lowest BCUT2D eigenvalue weighted by Crippen LogP contribution is -2.16. The first-order chi connectivity index (χ1) is 11.5. The molecule has 0 bridgehead atoms. The molecule has 2 aromatic heterocycles. The molecule has 24 heavy (non-hydrogen) atoms. The van der Waals surface area contributed by atoms with Gasteiger partial charge in [0.2, 0.25) is 11.0 Å². The van der Waals surface area contributed by atoms with Crippen LogP contribution in [0.5, 0.6) is 5.75 Å². The van der Waals surface area contributed by atoms with Crippen LogP contribution in [-0.4, -0.2) is 27.8 Å². The van der Waals surface area contributed by atoms with E-state index in [0.717, 1.165) is 21.7 Å². The summed E-state index contributed by atoms with van der Waals surface area (Å²) < 4.78 is 7.95. The zero-order chi connectivity index (χ0) is 17.3. The van der Waals surface area contributed by atoms with Crippen LogP contribution >= 0.6 is 11.3 Å². The molecule has 1 N–H and O–H groups in total. The highest BCUT2D eigenvalue weighted by atomic mass is 32.1. The molecule has 1 amide bonds. The van der Waals surface area contributed by atoms with Gasteiger partial charge in [0, 0.05) is 12.5 Å². The molecule has 0 saturated heterocycles. The Hall–Kier alpha value is -2.41. The zero-order valence-corrected chi connectivity index (χ0v) is 15.0. The minimum absolute atomic E-state index is 0.0195. The van der Waals surface area contributed by atoms with Gasteiger partial charge in [-0.3, -0.25) is 4.79 Å². The molecule has 0 spiro atoms. The molecule has 3 rings (SSSR count). The van der Waals surface area contributed by atoms with Gasteiger partial charge >= 0.3 is 0 Å². The van der Waals surface area contributed by atoms with Gasteiger partial charge < -0.3 is 10.1 Å². The lowest BCUT2D eigenvalue weighted by molar-refractivity contribution is -0.116. The average molecular weight is 344 g/mol. The number of aromatic nitrogens is 3. The zero-order valence-electron chi connectivity index (χ0n) is 14.2. The van der Waals surface area contributed by atoms with E-state index in [4.69, 9.17) is 4.74 Å². The van der Waals surface area contributed by atoms with E-state index in [2.05, 4.69) is 15.4 Å². The molecule has 126 valence electrons. The van der Waals surface area contributed by atoms with Gasteiger partial charge in [0.15, 0.2) is 0 Å². The summed E-state index contributed by atoms with van der Waals surface area (Å²) in [6, 6.07) is 7.60. The summed E-state index contributed by atoms with van der Waals surface area (Å²) in [6.07, 6.45) is 0.473. The number of anilines is 1. The van der Waals surface area contributed by atoms with Crippen LogP contribution < -0.4 is 10.1 Å². The Balaban J connectivity index is 1.95. The average Bonchev–Trinajstić information content (AvgIpc) is 3.08. The summed E-state index contributed by atoms with van der Waals surface area (Å²) in [5.74, 6) is 1.72. The number of ether oxygens (including phenoxy) is 1. The van der Waals surface area contributed by atoms with Crippen molar-refractivity contribution in [3.05, 3.63) is 30.0 Å². The molecule has 0 atom stereocenters. The number of fused-ring (bicyclic) bond motifs is 1. The molecule has 6 nitrogen and oxygen atoms in total. The van der Waals surface area contributed by atoms with Gasteiger partial charge in [-0.25, -0.2) is 4.98 Å². The Bertz CT molecular complexity index is 882. The summed E-state index contributed by atoms with van der Waals surface area (Å²) in [5.41, 5.74) is 1.70. The first-order valence-electron chi connectivity index (χ1n) is 7.77. The van der Waals surface area contributed by atoms with Gasteiger partial charge in [-0.2, -0.15) is 9.78 Å². The van der Waals surface area contributed by atoms with E-state index in [-0.39, 0.29) is 5.91 Å². The van der Waals surface area contributed by atoms with E-state index in [9.17, 15) is 4.79 Å². The third-order valence-electron chi connectivity index (χ3n) is 3.46. The number of hydrogen-bond acceptors (Lipinski definition) is 5. The predicted molar refractivity (Wildman–Crippen MR) is 96.1 cm³/mol. The highest BCUT2D eigenvalue weighted by Crippen LogP contribution is 2.30. The first-order valence-corrected chi connectivity index (χ1v) is 8.59. The number of benzene rings is 1.